The van der Waals surface area contributed by atoms with Crippen LogP contribution in [-0.4, -0.2) is 15.9 Å². The van der Waals surface area contributed by atoms with E-state index in [0.717, 1.165) is 33.0 Å². The van der Waals surface area contributed by atoms with Gasteiger partial charge < -0.3 is 10.3 Å². The summed E-state index contributed by atoms with van der Waals surface area (Å²) < 4.78 is 0. The van der Waals surface area contributed by atoms with Gasteiger partial charge in [0, 0.05) is 17.0 Å². The molecule has 1 heterocycles. The van der Waals surface area contributed by atoms with Crippen LogP contribution in [0.5, 0.6) is 0 Å². The number of rotatable bonds is 5. The molecule has 0 radical (unpaired) electrons. The van der Waals surface area contributed by atoms with Crippen LogP contribution in [0.2, 0.25) is 0 Å². The Bertz CT molecular complexity index is 1120. The molecule has 140 valence electrons. The minimum atomic E-state index is -0.0900. The molecule has 0 unspecified atom stereocenters. The number of anilines is 1. The van der Waals surface area contributed by atoms with E-state index in [2.05, 4.69) is 21.4 Å². The van der Waals surface area contributed by atoms with Crippen molar-refractivity contribution in [3.8, 4) is 0 Å². The SMILES string of the molecule is Cc1ccc(NC(=O)c2ccccc2CSc2nc3ccccc3[nH]2)c(C)c1. The zero-order valence-electron chi connectivity index (χ0n) is 15.8. The van der Waals surface area contributed by atoms with Crippen molar-refractivity contribution in [1.82, 2.24) is 9.97 Å². The van der Waals surface area contributed by atoms with Gasteiger partial charge in [0.25, 0.3) is 5.91 Å². The van der Waals surface area contributed by atoms with Crippen molar-refractivity contribution in [2.45, 2.75) is 24.8 Å². The molecule has 0 aliphatic heterocycles. The minimum absolute atomic E-state index is 0.0900. The molecule has 5 heteroatoms. The molecule has 28 heavy (non-hydrogen) atoms. The average molecular weight is 388 g/mol. The van der Waals surface area contributed by atoms with Crippen LogP contribution in [0.1, 0.15) is 27.0 Å². The van der Waals surface area contributed by atoms with Crippen molar-refractivity contribution in [3.05, 3.63) is 89.0 Å². The number of aryl methyl sites for hydroxylation is 2. The van der Waals surface area contributed by atoms with Crippen molar-refractivity contribution in [1.29, 1.82) is 0 Å². The summed E-state index contributed by atoms with van der Waals surface area (Å²) in [5.41, 5.74) is 6.72. The molecule has 0 atom stereocenters. The fourth-order valence-corrected chi connectivity index (χ4v) is 4.04. The summed E-state index contributed by atoms with van der Waals surface area (Å²) >= 11 is 1.60. The second-order valence-electron chi connectivity index (χ2n) is 6.78. The number of imidazole rings is 1. The fourth-order valence-electron chi connectivity index (χ4n) is 3.16. The summed E-state index contributed by atoms with van der Waals surface area (Å²) in [4.78, 5) is 20.8. The van der Waals surface area contributed by atoms with Gasteiger partial charge in [0.15, 0.2) is 5.16 Å². The molecule has 0 aliphatic carbocycles. The predicted molar refractivity (Wildman–Crippen MR) is 116 cm³/mol. The van der Waals surface area contributed by atoms with Gasteiger partial charge >= 0.3 is 0 Å². The first-order valence-corrected chi connectivity index (χ1v) is 10.1. The van der Waals surface area contributed by atoms with E-state index < -0.39 is 0 Å². The average Bonchev–Trinajstić information content (AvgIpc) is 3.12. The Balaban J connectivity index is 1.52. The zero-order valence-corrected chi connectivity index (χ0v) is 16.6. The van der Waals surface area contributed by atoms with E-state index in [1.54, 1.807) is 11.8 Å². The molecule has 4 nitrogen and oxygen atoms in total. The molecule has 3 aromatic carbocycles. The van der Waals surface area contributed by atoms with Gasteiger partial charge in [-0.1, -0.05) is 59.8 Å². The normalized spacial score (nSPS) is 10.9. The van der Waals surface area contributed by atoms with E-state index in [1.807, 2.05) is 74.5 Å². The molecule has 0 fully saturated rings. The molecule has 4 rings (SSSR count). The van der Waals surface area contributed by atoms with Crippen LogP contribution in [0.15, 0.2) is 71.9 Å². The topological polar surface area (TPSA) is 57.8 Å². The Morgan fingerprint density at radius 1 is 1.04 bits per heavy atom. The number of thioether (sulfide) groups is 1. The van der Waals surface area contributed by atoms with Crippen molar-refractivity contribution >= 4 is 34.4 Å². The molecular formula is C23H21N3OS. The summed E-state index contributed by atoms with van der Waals surface area (Å²) in [6.45, 7) is 4.05. The van der Waals surface area contributed by atoms with E-state index in [9.17, 15) is 4.79 Å². The molecule has 4 aromatic rings. The van der Waals surface area contributed by atoms with Crippen molar-refractivity contribution < 1.29 is 4.79 Å². The lowest BCUT2D eigenvalue weighted by atomic mass is 10.1. The van der Waals surface area contributed by atoms with Crippen molar-refractivity contribution in [2.75, 3.05) is 5.32 Å². The second kappa shape index (κ2) is 7.90. The zero-order chi connectivity index (χ0) is 19.5. The molecular weight excluding hydrogens is 366 g/mol. The van der Waals surface area contributed by atoms with E-state index >= 15 is 0 Å². The summed E-state index contributed by atoms with van der Waals surface area (Å²) in [5, 5.41) is 3.89. The highest BCUT2D eigenvalue weighted by Gasteiger charge is 2.13. The van der Waals surface area contributed by atoms with Crippen LogP contribution in [0.4, 0.5) is 5.69 Å². The summed E-state index contributed by atoms with van der Waals surface area (Å²) in [7, 11) is 0. The first kappa shape index (κ1) is 18.3. The first-order valence-electron chi connectivity index (χ1n) is 9.14. The number of hydrogen-bond donors (Lipinski definition) is 2. The number of aromatic amines is 1. The lowest BCUT2D eigenvalue weighted by Gasteiger charge is -2.12. The van der Waals surface area contributed by atoms with Crippen LogP contribution in [0.25, 0.3) is 11.0 Å². The number of aromatic nitrogens is 2. The third-order valence-electron chi connectivity index (χ3n) is 4.62. The highest BCUT2D eigenvalue weighted by molar-refractivity contribution is 7.98. The number of para-hydroxylation sites is 2. The highest BCUT2D eigenvalue weighted by atomic mass is 32.2. The first-order chi connectivity index (χ1) is 13.6. The number of fused-ring (bicyclic) bond motifs is 1. The molecule has 0 spiro atoms. The second-order valence-corrected chi connectivity index (χ2v) is 7.74. The van der Waals surface area contributed by atoms with Gasteiger partial charge in [-0.25, -0.2) is 4.98 Å². The van der Waals surface area contributed by atoms with Crippen LogP contribution in [0, 0.1) is 13.8 Å². The number of carbonyl (C=O) groups is 1. The van der Waals surface area contributed by atoms with Crippen LogP contribution in [-0.2, 0) is 5.75 Å². The Hall–Kier alpha value is -3.05. The maximum Gasteiger partial charge on any atom is 0.255 e. The van der Waals surface area contributed by atoms with Crippen LogP contribution in [0.3, 0.4) is 0 Å². The molecule has 0 bridgehead atoms. The number of carbonyl (C=O) groups excluding carboxylic acids is 1. The lowest BCUT2D eigenvalue weighted by Crippen LogP contribution is -2.14. The van der Waals surface area contributed by atoms with Crippen molar-refractivity contribution in [3.63, 3.8) is 0 Å². The van der Waals surface area contributed by atoms with Crippen LogP contribution >= 0.6 is 11.8 Å². The molecule has 0 saturated carbocycles. The standard InChI is InChI=1S/C23H21N3OS/c1-15-11-12-19(16(2)13-15)24-22(27)18-8-4-3-7-17(18)14-28-23-25-20-9-5-6-10-21(20)26-23/h3-13H,14H2,1-2H3,(H,24,27)(H,25,26). The maximum atomic E-state index is 12.9. The van der Waals surface area contributed by atoms with Gasteiger partial charge in [-0.15, -0.1) is 0 Å². The number of nitrogens with one attached hydrogen (secondary N) is 2. The van der Waals surface area contributed by atoms with Gasteiger partial charge in [-0.3, -0.25) is 4.79 Å². The third kappa shape index (κ3) is 3.94. The molecule has 0 saturated heterocycles. The molecule has 1 aromatic heterocycles. The van der Waals surface area contributed by atoms with E-state index in [0.29, 0.717) is 11.3 Å². The monoisotopic (exact) mass is 387 g/mol. The minimum Gasteiger partial charge on any atom is -0.333 e. The number of hydrogen-bond acceptors (Lipinski definition) is 3. The number of benzene rings is 3. The number of H-pyrrole nitrogens is 1. The van der Waals surface area contributed by atoms with Gasteiger partial charge in [0.05, 0.1) is 11.0 Å². The van der Waals surface area contributed by atoms with Gasteiger partial charge in [-0.2, -0.15) is 0 Å². The fraction of sp³-hybridized carbons (Fsp3) is 0.130. The molecule has 0 aliphatic rings. The van der Waals surface area contributed by atoms with Crippen molar-refractivity contribution in [2.24, 2.45) is 0 Å². The Kier molecular flexibility index (Phi) is 5.17. The van der Waals surface area contributed by atoms with Gasteiger partial charge in [-0.05, 0) is 49.2 Å². The maximum absolute atomic E-state index is 12.9. The van der Waals surface area contributed by atoms with E-state index in [1.165, 1.54) is 5.56 Å². The number of amides is 1. The highest BCUT2D eigenvalue weighted by Crippen LogP contribution is 2.25. The summed E-state index contributed by atoms with van der Waals surface area (Å²) in [5.74, 6) is 0.573. The summed E-state index contributed by atoms with van der Waals surface area (Å²) in [6, 6.07) is 21.7. The molecule has 1 amide bonds. The Morgan fingerprint density at radius 3 is 2.64 bits per heavy atom. The lowest BCUT2D eigenvalue weighted by molar-refractivity contribution is 0.102. The smallest absolute Gasteiger partial charge is 0.255 e. The summed E-state index contributed by atoms with van der Waals surface area (Å²) in [6.07, 6.45) is 0. The van der Waals surface area contributed by atoms with E-state index in [-0.39, 0.29) is 5.91 Å². The number of nitrogens with zero attached hydrogens (tertiary/aromatic N) is 1. The molecule has 2 N–H and O–H groups in total. The van der Waals surface area contributed by atoms with Crippen LogP contribution < -0.4 is 5.32 Å². The van der Waals surface area contributed by atoms with E-state index in [4.69, 9.17) is 0 Å². The van der Waals surface area contributed by atoms with Gasteiger partial charge in [0.2, 0.25) is 0 Å². The predicted octanol–water partition coefficient (Wildman–Crippen LogP) is 5.72. The Labute approximate surface area is 168 Å². The largest absolute Gasteiger partial charge is 0.333 e. The Morgan fingerprint density at radius 2 is 1.82 bits per heavy atom. The third-order valence-corrected chi connectivity index (χ3v) is 5.55. The quantitative estimate of drug-likeness (QED) is 0.430. The van der Waals surface area contributed by atoms with Gasteiger partial charge in [0.1, 0.15) is 0 Å².